The number of carbonyl (C=O) groups excluding carboxylic acids is 1. The molecular formula is C23H30FN3O3S. The molecule has 3 rings (SSSR count). The molecule has 0 bridgehead atoms. The van der Waals surface area contributed by atoms with E-state index in [1.165, 1.54) is 18.2 Å². The second-order valence-electron chi connectivity index (χ2n) is 9.01. The highest BCUT2D eigenvalue weighted by atomic mass is 32.2. The van der Waals surface area contributed by atoms with Crippen LogP contribution in [0.25, 0.3) is 0 Å². The second kappa shape index (κ2) is 8.68. The van der Waals surface area contributed by atoms with Crippen molar-refractivity contribution in [2.45, 2.75) is 43.0 Å². The Morgan fingerprint density at radius 1 is 1.16 bits per heavy atom. The predicted octanol–water partition coefficient (Wildman–Crippen LogP) is 3.44. The zero-order valence-corrected chi connectivity index (χ0v) is 19.5. The standard InChI is InChI=1S/C23H30FN3O3S/c1-23(2)15-22(28)27(5)21-11-10-18(14-19(21)23)31(29,30)25-20(12-13-26(3)4)16-6-8-17(24)9-7-16/h6-11,14,20,25H,12-13,15H2,1-5H3. The Labute approximate surface area is 184 Å². The van der Waals surface area contributed by atoms with E-state index < -0.39 is 21.5 Å². The molecular weight excluding hydrogens is 417 g/mol. The van der Waals surface area contributed by atoms with Crippen molar-refractivity contribution in [2.24, 2.45) is 0 Å². The quantitative estimate of drug-likeness (QED) is 0.706. The molecule has 1 atom stereocenters. The molecule has 1 amide bonds. The molecule has 6 nitrogen and oxygen atoms in total. The van der Waals surface area contributed by atoms with Crippen molar-refractivity contribution in [3.05, 3.63) is 59.4 Å². The van der Waals surface area contributed by atoms with Gasteiger partial charge in [0, 0.05) is 30.6 Å². The van der Waals surface area contributed by atoms with E-state index in [1.807, 2.05) is 32.8 Å². The Morgan fingerprint density at radius 3 is 2.42 bits per heavy atom. The molecule has 0 fully saturated rings. The zero-order chi connectivity index (χ0) is 23.0. The highest BCUT2D eigenvalue weighted by molar-refractivity contribution is 7.89. The number of fused-ring (bicyclic) bond motifs is 1. The molecule has 1 unspecified atom stereocenters. The van der Waals surface area contributed by atoms with E-state index in [0.29, 0.717) is 24.9 Å². The molecule has 168 valence electrons. The first kappa shape index (κ1) is 23.4. The van der Waals surface area contributed by atoms with Gasteiger partial charge in [0.25, 0.3) is 0 Å². The van der Waals surface area contributed by atoms with Gasteiger partial charge in [0.05, 0.1) is 4.90 Å². The van der Waals surface area contributed by atoms with Crippen LogP contribution < -0.4 is 9.62 Å². The summed E-state index contributed by atoms with van der Waals surface area (Å²) >= 11 is 0. The highest BCUT2D eigenvalue weighted by Crippen LogP contribution is 2.40. The topological polar surface area (TPSA) is 69.7 Å². The van der Waals surface area contributed by atoms with Crippen molar-refractivity contribution in [1.29, 1.82) is 0 Å². The summed E-state index contributed by atoms with van der Waals surface area (Å²) < 4.78 is 42.8. The Balaban J connectivity index is 1.95. The van der Waals surface area contributed by atoms with E-state index in [4.69, 9.17) is 0 Å². The summed E-state index contributed by atoms with van der Waals surface area (Å²) in [6, 6.07) is 10.3. The Hall–Kier alpha value is -2.29. The summed E-state index contributed by atoms with van der Waals surface area (Å²) in [4.78, 5) is 16.0. The largest absolute Gasteiger partial charge is 0.315 e. The maximum absolute atomic E-state index is 13.4. The van der Waals surface area contributed by atoms with Gasteiger partial charge in [-0.3, -0.25) is 4.79 Å². The van der Waals surface area contributed by atoms with Crippen molar-refractivity contribution >= 4 is 21.6 Å². The molecule has 1 aliphatic heterocycles. The average Bonchev–Trinajstić information content (AvgIpc) is 2.69. The van der Waals surface area contributed by atoms with Crippen LogP contribution in [0, 0.1) is 5.82 Å². The van der Waals surface area contributed by atoms with Crippen LogP contribution in [0.4, 0.5) is 10.1 Å². The third-order valence-electron chi connectivity index (χ3n) is 5.77. The fraction of sp³-hybridized carbons (Fsp3) is 0.435. The minimum absolute atomic E-state index is 0.00583. The third-order valence-corrected chi connectivity index (χ3v) is 7.24. The third kappa shape index (κ3) is 5.14. The summed E-state index contributed by atoms with van der Waals surface area (Å²) in [5.41, 5.74) is 1.79. The van der Waals surface area contributed by atoms with Crippen LogP contribution in [0.2, 0.25) is 0 Å². The van der Waals surface area contributed by atoms with Crippen LogP contribution in [0.5, 0.6) is 0 Å². The van der Waals surface area contributed by atoms with Crippen LogP contribution in [0.1, 0.15) is 43.9 Å². The molecule has 2 aromatic carbocycles. The lowest BCUT2D eigenvalue weighted by Gasteiger charge is -2.37. The lowest BCUT2D eigenvalue weighted by atomic mass is 9.77. The van der Waals surface area contributed by atoms with Crippen molar-refractivity contribution in [3.63, 3.8) is 0 Å². The van der Waals surface area contributed by atoms with Gasteiger partial charge >= 0.3 is 0 Å². The number of nitrogens with one attached hydrogen (secondary N) is 1. The van der Waals surface area contributed by atoms with Crippen molar-refractivity contribution in [3.8, 4) is 0 Å². The summed E-state index contributed by atoms with van der Waals surface area (Å²) in [5.74, 6) is -0.361. The highest BCUT2D eigenvalue weighted by Gasteiger charge is 2.36. The van der Waals surface area contributed by atoms with E-state index in [2.05, 4.69) is 4.72 Å². The van der Waals surface area contributed by atoms with E-state index in [1.54, 1.807) is 36.2 Å². The maximum Gasteiger partial charge on any atom is 0.241 e. The minimum atomic E-state index is -3.85. The number of sulfonamides is 1. The number of benzene rings is 2. The monoisotopic (exact) mass is 447 g/mol. The molecule has 31 heavy (non-hydrogen) atoms. The van der Waals surface area contributed by atoms with Crippen molar-refractivity contribution in [1.82, 2.24) is 9.62 Å². The number of hydrogen-bond acceptors (Lipinski definition) is 4. The Bertz CT molecular complexity index is 1070. The smallest absolute Gasteiger partial charge is 0.241 e. The molecule has 0 saturated carbocycles. The van der Waals surface area contributed by atoms with Crippen molar-refractivity contribution in [2.75, 3.05) is 32.6 Å². The van der Waals surface area contributed by atoms with Gasteiger partial charge in [-0.05, 0) is 68.5 Å². The van der Waals surface area contributed by atoms with Gasteiger partial charge in [0.2, 0.25) is 15.9 Å². The van der Waals surface area contributed by atoms with E-state index in [9.17, 15) is 17.6 Å². The first-order valence-corrected chi connectivity index (χ1v) is 11.7. The molecule has 2 aromatic rings. The Kier molecular flexibility index (Phi) is 6.55. The summed E-state index contributed by atoms with van der Waals surface area (Å²) in [7, 11) is 1.69. The van der Waals surface area contributed by atoms with E-state index in [0.717, 1.165) is 11.3 Å². The number of hydrogen-bond donors (Lipinski definition) is 1. The van der Waals surface area contributed by atoms with Gasteiger partial charge < -0.3 is 9.80 Å². The molecule has 0 spiro atoms. The number of carbonyl (C=O) groups is 1. The molecule has 8 heteroatoms. The summed E-state index contributed by atoms with van der Waals surface area (Å²) in [5, 5.41) is 0. The zero-order valence-electron chi connectivity index (χ0n) is 18.6. The molecule has 1 aliphatic rings. The Morgan fingerprint density at radius 2 is 1.81 bits per heavy atom. The molecule has 1 N–H and O–H groups in total. The number of nitrogens with zero attached hydrogens (tertiary/aromatic N) is 2. The molecule has 0 radical (unpaired) electrons. The number of rotatable bonds is 7. The maximum atomic E-state index is 13.4. The molecule has 0 aromatic heterocycles. The fourth-order valence-corrected chi connectivity index (χ4v) is 5.16. The van der Waals surface area contributed by atoms with Crippen molar-refractivity contribution < 1.29 is 17.6 Å². The lowest BCUT2D eigenvalue weighted by Crippen LogP contribution is -2.39. The minimum Gasteiger partial charge on any atom is -0.315 e. The molecule has 1 heterocycles. The lowest BCUT2D eigenvalue weighted by molar-refractivity contribution is -0.119. The normalized spacial score (nSPS) is 17.0. The average molecular weight is 448 g/mol. The van der Waals surface area contributed by atoms with Gasteiger partial charge in [-0.1, -0.05) is 26.0 Å². The molecule has 0 aliphatic carbocycles. The molecule has 0 saturated heterocycles. The van der Waals surface area contributed by atoms with Crippen LogP contribution >= 0.6 is 0 Å². The number of anilines is 1. The fourth-order valence-electron chi connectivity index (χ4n) is 3.87. The van der Waals surface area contributed by atoms with Crippen LogP contribution in [-0.2, 0) is 20.2 Å². The van der Waals surface area contributed by atoms with E-state index >= 15 is 0 Å². The number of amides is 1. The van der Waals surface area contributed by atoms with Crippen LogP contribution in [-0.4, -0.2) is 46.9 Å². The SMILES string of the molecule is CN(C)CCC(NS(=O)(=O)c1ccc2c(c1)C(C)(C)CC(=O)N2C)c1ccc(F)cc1. The first-order valence-electron chi connectivity index (χ1n) is 10.2. The van der Waals surface area contributed by atoms with Gasteiger partial charge in [-0.15, -0.1) is 0 Å². The predicted molar refractivity (Wildman–Crippen MR) is 120 cm³/mol. The van der Waals surface area contributed by atoms with Crippen LogP contribution in [0.15, 0.2) is 47.4 Å². The number of halogens is 1. The second-order valence-corrected chi connectivity index (χ2v) is 10.7. The first-order chi connectivity index (χ1) is 14.4. The van der Waals surface area contributed by atoms with Gasteiger partial charge in [0.15, 0.2) is 0 Å². The summed E-state index contributed by atoms with van der Waals surface area (Å²) in [6.45, 7) is 4.55. The van der Waals surface area contributed by atoms with Gasteiger partial charge in [-0.25, -0.2) is 17.5 Å². The summed E-state index contributed by atoms with van der Waals surface area (Å²) in [6.07, 6.45) is 0.847. The van der Waals surface area contributed by atoms with E-state index in [-0.39, 0.29) is 16.6 Å². The van der Waals surface area contributed by atoms with Gasteiger partial charge in [0.1, 0.15) is 5.82 Å². The van der Waals surface area contributed by atoms with Crippen LogP contribution in [0.3, 0.4) is 0 Å². The van der Waals surface area contributed by atoms with Gasteiger partial charge in [-0.2, -0.15) is 0 Å².